The van der Waals surface area contributed by atoms with Crippen LogP contribution in [0.1, 0.15) is 33.6 Å². The number of ether oxygens (including phenoxy) is 1. The average Bonchev–Trinajstić information content (AvgIpc) is 2.49. The van der Waals surface area contributed by atoms with Gasteiger partial charge in [0.05, 0.1) is 7.11 Å². The molecule has 0 fully saturated rings. The van der Waals surface area contributed by atoms with Gasteiger partial charge in [-0.2, -0.15) is 0 Å². The van der Waals surface area contributed by atoms with Gasteiger partial charge < -0.3 is 4.74 Å². The van der Waals surface area contributed by atoms with Crippen LogP contribution < -0.4 is 0 Å². The number of rotatable bonds is 1. The molecular weight excluding hydrogens is 164 g/mol. The molecule has 0 radical (unpaired) electrons. The Morgan fingerprint density at radius 1 is 1.54 bits per heavy atom. The van der Waals surface area contributed by atoms with Gasteiger partial charge in [-0.15, -0.1) is 0 Å². The smallest absolute Gasteiger partial charge is 0.333 e. The fraction of sp³-hybridized carbons (Fsp3) is 0.727. The Morgan fingerprint density at radius 2 is 2.15 bits per heavy atom. The Kier molecular flexibility index (Phi) is 2.79. The molecule has 2 heteroatoms. The molecule has 0 amide bonds. The molecule has 0 aromatic carbocycles. The number of carbonyl (C=O) groups excluding carboxylic acids is 1. The summed E-state index contributed by atoms with van der Waals surface area (Å²) in [7, 11) is 1.45. The maximum atomic E-state index is 11.4. The second-order valence-electron chi connectivity index (χ2n) is 4.65. The summed E-state index contributed by atoms with van der Waals surface area (Å²) in [4.78, 5) is 11.4. The van der Waals surface area contributed by atoms with Crippen LogP contribution in [0.3, 0.4) is 0 Å². The van der Waals surface area contributed by atoms with Crippen molar-refractivity contribution in [2.75, 3.05) is 7.11 Å². The van der Waals surface area contributed by atoms with E-state index in [1.165, 1.54) is 7.11 Å². The van der Waals surface area contributed by atoms with E-state index in [2.05, 4.69) is 20.8 Å². The maximum Gasteiger partial charge on any atom is 0.333 e. The molecule has 13 heavy (non-hydrogen) atoms. The van der Waals surface area contributed by atoms with Crippen LogP contribution >= 0.6 is 0 Å². The lowest BCUT2D eigenvalue weighted by atomic mass is 9.77. The molecule has 0 heterocycles. The van der Waals surface area contributed by atoms with E-state index in [0.29, 0.717) is 5.92 Å². The normalized spacial score (nSPS) is 22.8. The molecule has 0 spiro atoms. The van der Waals surface area contributed by atoms with Crippen molar-refractivity contribution in [1.82, 2.24) is 0 Å². The molecule has 0 unspecified atom stereocenters. The average molecular weight is 182 g/mol. The highest BCUT2D eigenvalue weighted by molar-refractivity contribution is 5.89. The van der Waals surface area contributed by atoms with Gasteiger partial charge in [-0.1, -0.05) is 26.8 Å². The van der Waals surface area contributed by atoms with Crippen LogP contribution in [-0.2, 0) is 9.53 Å². The molecule has 0 aromatic heterocycles. The molecule has 0 aromatic rings. The van der Waals surface area contributed by atoms with Crippen LogP contribution in [0.15, 0.2) is 11.6 Å². The molecular formula is C11H18O2. The van der Waals surface area contributed by atoms with E-state index in [1.807, 2.05) is 6.08 Å². The molecule has 0 saturated carbocycles. The summed E-state index contributed by atoms with van der Waals surface area (Å²) >= 11 is 0. The van der Waals surface area contributed by atoms with E-state index in [-0.39, 0.29) is 11.4 Å². The molecule has 2 nitrogen and oxygen atoms in total. The molecule has 0 saturated heterocycles. The largest absolute Gasteiger partial charge is 0.466 e. The molecule has 1 rings (SSSR count). The van der Waals surface area contributed by atoms with Gasteiger partial charge in [0.15, 0.2) is 0 Å². The summed E-state index contributed by atoms with van der Waals surface area (Å²) in [6.45, 7) is 6.50. The number of allylic oxidation sites excluding steroid dienone is 1. The topological polar surface area (TPSA) is 26.3 Å². The zero-order chi connectivity index (χ0) is 10.1. The summed E-state index contributed by atoms with van der Waals surface area (Å²) in [5, 5.41) is 0. The van der Waals surface area contributed by atoms with Crippen molar-refractivity contribution in [3.8, 4) is 0 Å². The van der Waals surface area contributed by atoms with Crippen molar-refractivity contribution in [2.45, 2.75) is 33.6 Å². The predicted octanol–water partition coefficient (Wildman–Crippen LogP) is 2.54. The van der Waals surface area contributed by atoms with Gasteiger partial charge in [0.1, 0.15) is 0 Å². The van der Waals surface area contributed by atoms with E-state index in [1.54, 1.807) is 0 Å². The summed E-state index contributed by atoms with van der Waals surface area (Å²) < 4.78 is 4.75. The van der Waals surface area contributed by atoms with E-state index < -0.39 is 0 Å². The molecule has 1 atom stereocenters. The van der Waals surface area contributed by atoms with E-state index in [0.717, 1.165) is 18.4 Å². The monoisotopic (exact) mass is 182 g/mol. The molecule has 1 aliphatic carbocycles. The van der Waals surface area contributed by atoms with Gasteiger partial charge in [0.2, 0.25) is 0 Å². The Morgan fingerprint density at radius 3 is 2.62 bits per heavy atom. The minimum absolute atomic E-state index is 0.155. The van der Waals surface area contributed by atoms with Crippen LogP contribution in [0.5, 0.6) is 0 Å². The van der Waals surface area contributed by atoms with Crippen LogP contribution in [0.4, 0.5) is 0 Å². The number of methoxy groups -OCH3 is 1. The summed E-state index contributed by atoms with van der Waals surface area (Å²) in [6.07, 6.45) is 4.10. The zero-order valence-electron chi connectivity index (χ0n) is 8.89. The van der Waals surface area contributed by atoms with Crippen molar-refractivity contribution < 1.29 is 9.53 Å². The third-order valence-electron chi connectivity index (χ3n) is 2.66. The van der Waals surface area contributed by atoms with Crippen molar-refractivity contribution in [3.05, 3.63) is 11.6 Å². The Balaban J connectivity index is 2.80. The van der Waals surface area contributed by atoms with Crippen molar-refractivity contribution >= 4 is 5.97 Å². The highest BCUT2D eigenvalue weighted by Gasteiger charge is 2.34. The summed E-state index contributed by atoms with van der Waals surface area (Å²) in [5.41, 5.74) is 1.03. The first-order valence-corrected chi connectivity index (χ1v) is 4.75. The van der Waals surface area contributed by atoms with Gasteiger partial charge in [-0.25, -0.2) is 4.79 Å². The molecule has 0 aliphatic heterocycles. The van der Waals surface area contributed by atoms with Crippen LogP contribution in [0.25, 0.3) is 0 Å². The fourth-order valence-corrected chi connectivity index (χ4v) is 1.95. The van der Waals surface area contributed by atoms with Crippen molar-refractivity contribution in [2.24, 2.45) is 11.3 Å². The quantitative estimate of drug-likeness (QED) is 0.582. The Hall–Kier alpha value is -0.790. The van der Waals surface area contributed by atoms with Crippen LogP contribution in [0, 0.1) is 11.3 Å². The number of hydrogen-bond acceptors (Lipinski definition) is 2. The van der Waals surface area contributed by atoms with Gasteiger partial charge in [-0.05, 0) is 24.2 Å². The lowest BCUT2D eigenvalue weighted by molar-refractivity contribution is -0.137. The first-order chi connectivity index (χ1) is 5.96. The second kappa shape index (κ2) is 3.52. The molecule has 0 bridgehead atoms. The molecule has 74 valence electrons. The van der Waals surface area contributed by atoms with Crippen LogP contribution in [-0.4, -0.2) is 13.1 Å². The number of hydrogen-bond donors (Lipinski definition) is 0. The number of esters is 1. The maximum absolute atomic E-state index is 11.4. The molecule has 0 N–H and O–H groups in total. The summed E-state index contributed by atoms with van der Waals surface area (Å²) in [5.74, 6) is 0.206. The minimum atomic E-state index is -0.155. The number of carbonyl (C=O) groups is 1. The lowest BCUT2D eigenvalue weighted by Crippen LogP contribution is -2.24. The first-order valence-electron chi connectivity index (χ1n) is 4.75. The van der Waals surface area contributed by atoms with Gasteiger partial charge in [0.25, 0.3) is 0 Å². The SMILES string of the molecule is COC(=O)C1=CCC[C@@H]1C(C)(C)C. The highest BCUT2D eigenvalue weighted by Crippen LogP contribution is 2.40. The zero-order valence-corrected chi connectivity index (χ0v) is 8.89. The van der Waals surface area contributed by atoms with Gasteiger partial charge in [0, 0.05) is 5.57 Å². The van der Waals surface area contributed by atoms with E-state index >= 15 is 0 Å². The third-order valence-corrected chi connectivity index (χ3v) is 2.66. The third kappa shape index (κ3) is 2.11. The first kappa shape index (κ1) is 10.3. The van der Waals surface area contributed by atoms with Gasteiger partial charge >= 0.3 is 5.97 Å². The Bertz CT molecular complexity index is 233. The van der Waals surface area contributed by atoms with Crippen LogP contribution in [0.2, 0.25) is 0 Å². The van der Waals surface area contributed by atoms with Crippen molar-refractivity contribution in [3.63, 3.8) is 0 Å². The lowest BCUT2D eigenvalue weighted by Gasteiger charge is -2.28. The predicted molar refractivity (Wildman–Crippen MR) is 52.3 cm³/mol. The highest BCUT2D eigenvalue weighted by atomic mass is 16.5. The van der Waals surface area contributed by atoms with E-state index in [4.69, 9.17) is 4.74 Å². The molecule has 1 aliphatic rings. The van der Waals surface area contributed by atoms with E-state index in [9.17, 15) is 4.79 Å². The standard InChI is InChI=1S/C11H18O2/c1-11(2,3)9-7-5-6-8(9)10(12)13-4/h6,9H,5,7H2,1-4H3/t9-/m0/s1. The second-order valence-corrected chi connectivity index (χ2v) is 4.65. The van der Waals surface area contributed by atoms with Crippen molar-refractivity contribution in [1.29, 1.82) is 0 Å². The van der Waals surface area contributed by atoms with Gasteiger partial charge in [-0.3, -0.25) is 0 Å². The summed E-state index contributed by atoms with van der Waals surface area (Å²) in [6, 6.07) is 0. The Labute approximate surface area is 80.0 Å². The minimum Gasteiger partial charge on any atom is -0.466 e. The fourth-order valence-electron chi connectivity index (χ4n) is 1.95.